The lowest BCUT2D eigenvalue weighted by atomic mass is 9.84. The number of ether oxygens (including phenoxy) is 1. The maximum absolute atomic E-state index is 5.17. The molecule has 0 bridgehead atoms. The summed E-state index contributed by atoms with van der Waals surface area (Å²) in [5.74, 6) is 0.690. The molecule has 3 heteroatoms. The Morgan fingerprint density at radius 2 is 2.06 bits per heavy atom. The van der Waals surface area contributed by atoms with E-state index in [0.29, 0.717) is 11.9 Å². The summed E-state index contributed by atoms with van der Waals surface area (Å²) in [6, 6.07) is 6.38. The molecular formula is C15H26N2O. The van der Waals surface area contributed by atoms with Gasteiger partial charge >= 0.3 is 0 Å². The van der Waals surface area contributed by atoms with Crippen LogP contribution >= 0.6 is 0 Å². The third-order valence-corrected chi connectivity index (χ3v) is 3.09. The van der Waals surface area contributed by atoms with Gasteiger partial charge in [-0.2, -0.15) is 0 Å². The van der Waals surface area contributed by atoms with Crippen molar-refractivity contribution in [3.63, 3.8) is 0 Å². The number of hydrogen-bond acceptors (Lipinski definition) is 3. The summed E-state index contributed by atoms with van der Waals surface area (Å²) in [6.45, 7) is 10.0. The quantitative estimate of drug-likeness (QED) is 0.842. The molecule has 1 rings (SSSR count). The van der Waals surface area contributed by atoms with E-state index < -0.39 is 0 Å². The maximum atomic E-state index is 5.17. The molecule has 1 aromatic heterocycles. The smallest absolute Gasteiger partial charge is 0.213 e. The zero-order valence-electron chi connectivity index (χ0n) is 12.3. The molecule has 0 aliphatic heterocycles. The fraction of sp³-hybridized carbons (Fsp3) is 0.667. The van der Waals surface area contributed by atoms with Crippen LogP contribution in [0.5, 0.6) is 5.88 Å². The van der Waals surface area contributed by atoms with Gasteiger partial charge < -0.3 is 10.1 Å². The highest BCUT2D eigenvalue weighted by Crippen LogP contribution is 2.22. The molecule has 1 heterocycles. The first kappa shape index (κ1) is 15.0. The van der Waals surface area contributed by atoms with Crippen LogP contribution in [0.4, 0.5) is 0 Å². The van der Waals surface area contributed by atoms with Crippen molar-refractivity contribution < 1.29 is 4.74 Å². The van der Waals surface area contributed by atoms with Crippen LogP contribution in [0, 0.1) is 5.41 Å². The molecule has 1 N–H and O–H groups in total. The molecule has 3 nitrogen and oxygen atoms in total. The Morgan fingerprint density at radius 3 is 2.61 bits per heavy atom. The fourth-order valence-electron chi connectivity index (χ4n) is 1.90. The molecular weight excluding hydrogens is 224 g/mol. The Hall–Kier alpha value is -1.09. The van der Waals surface area contributed by atoms with Gasteiger partial charge in [-0.15, -0.1) is 0 Å². The Bertz CT molecular complexity index is 358. The first-order valence-electron chi connectivity index (χ1n) is 6.70. The molecule has 1 aromatic rings. The lowest BCUT2D eigenvalue weighted by Gasteiger charge is -2.31. The summed E-state index contributed by atoms with van der Waals surface area (Å²) in [4.78, 5) is 4.49. The minimum atomic E-state index is 0.222. The highest BCUT2D eigenvalue weighted by atomic mass is 16.5. The lowest BCUT2D eigenvalue weighted by molar-refractivity contribution is 0.264. The highest BCUT2D eigenvalue weighted by molar-refractivity contribution is 5.16. The molecule has 0 aliphatic carbocycles. The van der Waals surface area contributed by atoms with Crippen molar-refractivity contribution in [3.05, 3.63) is 23.9 Å². The van der Waals surface area contributed by atoms with Gasteiger partial charge in [-0.3, -0.25) is 0 Å². The Kier molecular flexibility index (Phi) is 5.60. The van der Waals surface area contributed by atoms with Crippen LogP contribution < -0.4 is 10.1 Å². The summed E-state index contributed by atoms with van der Waals surface area (Å²) in [5, 5.41) is 3.61. The van der Waals surface area contributed by atoms with Crippen molar-refractivity contribution in [3.8, 4) is 5.88 Å². The number of nitrogens with zero attached hydrogens (tertiary/aromatic N) is 1. The summed E-state index contributed by atoms with van der Waals surface area (Å²) < 4.78 is 5.17. The zero-order chi connectivity index (χ0) is 13.6. The average Bonchev–Trinajstić information content (AvgIpc) is 2.33. The van der Waals surface area contributed by atoms with Gasteiger partial charge in [0.05, 0.1) is 7.11 Å². The summed E-state index contributed by atoms with van der Waals surface area (Å²) in [5.41, 5.74) is 1.30. The molecule has 0 spiro atoms. The fourth-order valence-corrected chi connectivity index (χ4v) is 1.90. The zero-order valence-corrected chi connectivity index (χ0v) is 12.3. The normalized spacial score (nSPS) is 13.4. The van der Waals surface area contributed by atoms with Crippen molar-refractivity contribution in [1.82, 2.24) is 10.3 Å². The van der Waals surface area contributed by atoms with Crippen molar-refractivity contribution in [2.24, 2.45) is 5.41 Å². The van der Waals surface area contributed by atoms with Crippen molar-refractivity contribution >= 4 is 0 Å². The minimum absolute atomic E-state index is 0.222. The van der Waals surface area contributed by atoms with Gasteiger partial charge in [0, 0.05) is 24.2 Å². The Balaban J connectivity index is 2.75. The third kappa shape index (κ3) is 4.65. The highest BCUT2D eigenvalue weighted by Gasteiger charge is 2.24. The molecule has 0 aromatic carbocycles. The molecule has 0 fully saturated rings. The van der Waals surface area contributed by atoms with Crippen LogP contribution in [0.3, 0.4) is 0 Å². The molecule has 0 amide bonds. The Morgan fingerprint density at radius 1 is 1.33 bits per heavy atom. The Labute approximate surface area is 111 Å². The van der Waals surface area contributed by atoms with Gasteiger partial charge in [0.1, 0.15) is 0 Å². The van der Waals surface area contributed by atoms with Crippen LogP contribution in [0.25, 0.3) is 0 Å². The largest absolute Gasteiger partial charge is 0.481 e. The van der Waals surface area contributed by atoms with Crippen LogP contribution in [0.15, 0.2) is 18.2 Å². The second-order valence-electron chi connectivity index (χ2n) is 5.75. The summed E-state index contributed by atoms with van der Waals surface area (Å²) in [7, 11) is 1.66. The van der Waals surface area contributed by atoms with Gasteiger partial charge in [-0.05, 0) is 24.4 Å². The molecule has 102 valence electrons. The number of pyridine rings is 1. The van der Waals surface area contributed by atoms with Crippen LogP contribution in [0.2, 0.25) is 0 Å². The molecule has 0 saturated heterocycles. The number of hydrogen-bond donors (Lipinski definition) is 1. The molecule has 1 unspecified atom stereocenters. The third-order valence-electron chi connectivity index (χ3n) is 3.09. The van der Waals surface area contributed by atoms with Gasteiger partial charge in [0.25, 0.3) is 0 Å². The van der Waals surface area contributed by atoms with E-state index >= 15 is 0 Å². The minimum Gasteiger partial charge on any atom is -0.481 e. The van der Waals surface area contributed by atoms with Gasteiger partial charge in [-0.25, -0.2) is 4.98 Å². The maximum Gasteiger partial charge on any atom is 0.213 e. The molecule has 18 heavy (non-hydrogen) atoms. The van der Waals surface area contributed by atoms with Crippen molar-refractivity contribution in [2.45, 2.75) is 46.6 Å². The predicted octanol–water partition coefficient (Wildman–Crippen LogP) is 3.05. The molecule has 0 aliphatic rings. The van der Waals surface area contributed by atoms with Crippen LogP contribution in [-0.2, 0) is 6.42 Å². The van der Waals surface area contributed by atoms with E-state index in [1.165, 1.54) is 0 Å². The number of rotatable bonds is 6. The topological polar surface area (TPSA) is 34.1 Å². The lowest BCUT2D eigenvalue weighted by Crippen LogP contribution is -2.42. The monoisotopic (exact) mass is 250 g/mol. The van der Waals surface area contributed by atoms with Crippen LogP contribution in [-0.4, -0.2) is 24.7 Å². The van der Waals surface area contributed by atoms with Gasteiger partial charge in [-0.1, -0.05) is 33.8 Å². The van der Waals surface area contributed by atoms with Gasteiger partial charge in [0.2, 0.25) is 5.88 Å². The summed E-state index contributed by atoms with van der Waals surface area (Å²) >= 11 is 0. The van der Waals surface area contributed by atoms with E-state index in [2.05, 4.69) is 44.1 Å². The van der Waals surface area contributed by atoms with Crippen LogP contribution in [0.1, 0.15) is 39.8 Å². The van der Waals surface area contributed by atoms with Gasteiger partial charge in [0.15, 0.2) is 0 Å². The number of aromatic nitrogens is 1. The second-order valence-corrected chi connectivity index (χ2v) is 5.75. The second kappa shape index (κ2) is 6.74. The van der Waals surface area contributed by atoms with E-state index in [0.717, 1.165) is 25.1 Å². The molecule has 0 saturated carbocycles. The summed E-state index contributed by atoms with van der Waals surface area (Å²) in [6.07, 6.45) is 2.08. The number of nitrogens with one attached hydrogen (secondary N) is 1. The SMILES string of the molecule is CCCNC(Cc1cccc(OC)n1)C(C)(C)C. The molecule has 1 atom stereocenters. The van der Waals surface area contributed by atoms with E-state index in [1.54, 1.807) is 7.11 Å². The predicted molar refractivity (Wildman–Crippen MR) is 76.0 cm³/mol. The van der Waals surface area contributed by atoms with Crippen molar-refractivity contribution in [1.29, 1.82) is 0 Å². The first-order chi connectivity index (χ1) is 8.47. The first-order valence-corrected chi connectivity index (χ1v) is 6.70. The number of methoxy groups -OCH3 is 1. The molecule has 0 radical (unpaired) electrons. The van der Waals surface area contributed by atoms with E-state index in [1.807, 2.05) is 12.1 Å². The average molecular weight is 250 g/mol. The van der Waals surface area contributed by atoms with E-state index in [-0.39, 0.29) is 5.41 Å². The van der Waals surface area contributed by atoms with E-state index in [4.69, 9.17) is 4.74 Å². The van der Waals surface area contributed by atoms with Crippen molar-refractivity contribution in [2.75, 3.05) is 13.7 Å². The standard InChI is InChI=1S/C15H26N2O/c1-6-10-16-13(15(2,3)4)11-12-8-7-9-14(17-12)18-5/h7-9,13,16H,6,10-11H2,1-5H3. The van der Waals surface area contributed by atoms with E-state index in [9.17, 15) is 0 Å².